The quantitative estimate of drug-likeness (QED) is 0.414. The second-order valence-electron chi connectivity index (χ2n) is 7.21. The first-order chi connectivity index (χ1) is 15.2. The van der Waals surface area contributed by atoms with E-state index >= 15 is 0 Å². The number of benzene rings is 3. The number of primary sulfonamides is 1. The highest BCUT2D eigenvalue weighted by Gasteiger charge is 2.19. The van der Waals surface area contributed by atoms with E-state index in [9.17, 15) is 18.3 Å². The van der Waals surface area contributed by atoms with Gasteiger partial charge in [-0.1, -0.05) is 48.5 Å². The highest BCUT2D eigenvalue weighted by atomic mass is 32.2. The molecule has 0 radical (unpaired) electrons. The van der Waals surface area contributed by atoms with Crippen molar-refractivity contribution >= 4 is 21.8 Å². The lowest BCUT2D eigenvalue weighted by Crippen LogP contribution is -2.11. The van der Waals surface area contributed by atoms with Gasteiger partial charge in [-0.3, -0.25) is 0 Å². The van der Waals surface area contributed by atoms with E-state index < -0.39 is 16.0 Å². The van der Waals surface area contributed by atoms with Crippen LogP contribution in [0.5, 0.6) is 0 Å². The molecule has 3 aromatic carbocycles. The van der Waals surface area contributed by atoms with Crippen molar-refractivity contribution < 1.29 is 18.3 Å². The van der Waals surface area contributed by atoms with E-state index in [0.717, 1.165) is 16.7 Å². The minimum Gasteiger partial charge on any atom is -0.478 e. The van der Waals surface area contributed by atoms with E-state index in [1.165, 1.54) is 28.9 Å². The van der Waals surface area contributed by atoms with Gasteiger partial charge in [0.15, 0.2) is 0 Å². The Morgan fingerprint density at radius 2 is 1.66 bits per heavy atom. The fourth-order valence-electron chi connectivity index (χ4n) is 3.43. The molecule has 1 aromatic heterocycles. The summed E-state index contributed by atoms with van der Waals surface area (Å²) in [6, 6.07) is 22.1. The van der Waals surface area contributed by atoms with Crippen LogP contribution in [0.4, 0.5) is 5.82 Å². The van der Waals surface area contributed by atoms with Crippen molar-refractivity contribution in [3.05, 3.63) is 95.6 Å². The first-order valence-corrected chi connectivity index (χ1v) is 11.2. The number of aromatic carboxylic acids is 1. The number of carboxylic acid groups (broad SMARTS) is 1. The maximum absolute atomic E-state index is 11.5. The summed E-state index contributed by atoms with van der Waals surface area (Å²) in [5.74, 6) is -0.682. The zero-order chi connectivity index (χ0) is 22.9. The second-order valence-corrected chi connectivity index (χ2v) is 8.77. The van der Waals surface area contributed by atoms with E-state index in [4.69, 9.17) is 10.9 Å². The van der Waals surface area contributed by atoms with Gasteiger partial charge in [-0.2, -0.15) is 5.10 Å². The van der Waals surface area contributed by atoms with Gasteiger partial charge in [-0.25, -0.2) is 23.0 Å². The molecule has 32 heavy (non-hydrogen) atoms. The van der Waals surface area contributed by atoms with E-state index in [-0.39, 0.29) is 10.5 Å². The monoisotopic (exact) mass is 448 g/mol. The summed E-state index contributed by atoms with van der Waals surface area (Å²) in [6.07, 6.45) is 0.388. The molecule has 4 rings (SSSR count). The van der Waals surface area contributed by atoms with Crippen LogP contribution < -0.4 is 10.9 Å². The van der Waals surface area contributed by atoms with Crippen molar-refractivity contribution in [2.24, 2.45) is 5.14 Å². The van der Waals surface area contributed by atoms with Crippen LogP contribution in [0.2, 0.25) is 0 Å². The third-order valence-electron chi connectivity index (χ3n) is 5.04. The molecule has 4 aromatic rings. The van der Waals surface area contributed by atoms with Crippen molar-refractivity contribution in [2.45, 2.75) is 11.3 Å². The Labute approximate surface area is 184 Å². The molecule has 0 saturated carbocycles. The largest absolute Gasteiger partial charge is 0.478 e. The second kappa shape index (κ2) is 8.29. The zero-order valence-corrected chi connectivity index (χ0v) is 17.7. The van der Waals surface area contributed by atoms with Crippen molar-refractivity contribution in [3.63, 3.8) is 0 Å². The molecule has 5 N–H and O–H groups in total. The Kier molecular flexibility index (Phi) is 5.52. The summed E-state index contributed by atoms with van der Waals surface area (Å²) in [7, 11) is -3.78. The summed E-state index contributed by atoms with van der Waals surface area (Å²) in [5.41, 5.74) is 10.2. The predicted octanol–water partition coefficient (Wildman–Crippen LogP) is 3.06. The van der Waals surface area contributed by atoms with Gasteiger partial charge in [-0.15, -0.1) is 0 Å². The van der Waals surface area contributed by atoms with E-state index in [0.29, 0.717) is 23.6 Å². The molecule has 0 aliphatic rings. The minimum atomic E-state index is -3.78. The molecule has 8 nitrogen and oxygen atoms in total. The van der Waals surface area contributed by atoms with Crippen LogP contribution in [0.3, 0.4) is 0 Å². The average Bonchev–Trinajstić information content (AvgIpc) is 3.10. The Morgan fingerprint density at radius 1 is 0.969 bits per heavy atom. The smallest absolute Gasteiger partial charge is 0.335 e. The Bertz CT molecular complexity index is 1400. The molecule has 0 unspecified atom stereocenters. The van der Waals surface area contributed by atoms with Gasteiger partial charge in [0.2, 0.25) is 10.0 Å². The average molecular weight is 449 g/mol. The molecular formula is C23H20N4O4S. The van der Waals surface area contributed by atoms with E-state index in [1.807, 2.05) is 30.3 Å². The molecule has 1 heterocycles. The summed E-state index contributed by atoms with van der Waals surface area (Å²) in [5, 5.41) is 19.2. The molecule has 0 atom stereocenters. The van der Waals surface area contributed by atoms with Crippen molar-refractivity contribution in [2.75, 3.05) is 5.73 Å². The van der Waals surface area contributed by atoms with Gasteiger partial charge >= 0.3 is 5.97 Å². The minimum absolute atomic E-state index is 0.0266. The van der Waals surface area contributed by atoms with Crippen LogP contribution in [0.1, 0.15) is 21.5 Å². The number of hydrogen-bond acceptors (Lipinski definition) is 5. The summed E-state index contributed by atoms with van der Waals surface area (Å²) >= 11 is 0. The fraction of sp³-hybridized carbons (Fsp3) is 0.0435. The normalized spacial score (nSPS) is 11.4. The molecular weight excluding hydrogens is 428 g/mol. The molecule has 9 heteroatoms. The van der Waals surface area contributed by atoms with E-state index in [2.05, 4.69) is 5.10 Å². The van der Waals surface area contributed by atoms with Gasteiger partial charge in [0.25, 0.3) is 0 Å². The fourth-order valence-corrected chi connectivity index (χ4v) is 3.95. The first kappa shape index (κ1) is 21.3. The standard InChI is InChI=1S/C23H20N4O4S/c24-22-20(13-15-9-11-19(12-10-15)32(25,30)31)21(16-5-2-1-3-6-16)26-27(22)18-8-4-7-17(14-18)23(28)29/h1-12,14H,13,24H2,(H,28,29)(H2,25,30,31). The van der Waals surface area contributed by atoms with Crippen molar-refractivity contribution in [3.8, 4) is 16.9 Å². The number of carbonyl (C=O) groups is 1. The third-order valence-corrected chi connectivity index (χ3v) is 5.97. The van der Waals surface area contributed by atoms with Crippen LogP contribution in [0.25, 0.3) is 16.9 Å². The Hall–Kier alpha value is -3.95. The maximum Gasteiger partial charge on any atom is 0.335 e. The lowest BCUT2D eigenvalue weighted by Gasteiger charge is -2.07. The summed E-state index contributed by atoms with van der Waals surface area (Å²) in [4.78, 5) is 11.4. The van der Waals surface area contributed by atoms with Gasteiger partial charge in [0.05, 0.1) is 21.8 Å². The Morgan fingerprint density at radius 3 is 2.28 bits per heavy atom. The van der Waals surface area contributed by atoms with Gasteiger partial charge in [-0.05, 0) is 35.9 Å². The number of anilines is 1. The number of nitrogens with two attached hydrogens (primary N) is 2. The lowest BCUT2D eigenvalue weighted by molar-refractivity contribution is 0.0697. The van der Waals surface area contributed by atoms with E-state index in [1.54, 1.807) is 24.3 Å². The molecule has 0 spiro atoms. The molecule has 0 saturated heterocycles. The van der Waals surface area contributed by atoms with Crippen molar-refractivity contribution in [1.82, 2.24) is 9.78 Å². The number of hydrogen-bond donors (Lipinski definition) is 3. The van der Waals surface area contributed by atoms with Crippen LogP contribution in [0, 0.1) is 0 Å². The SMILES string of the molecule is Nc1c(Cc2ccc(S(N)(=O)=O)cc2)c(-c2ccccc2)nn1-c1cccc(C(=O)O)c1. The molecule has 0 bridgehead atoms. The highest BCUT2D eigenvalue weighted by molar-refractivity contribution is 7.89. The number of nitrogen functional groups attached to an aromatic ring is 1. The van der Waals surface area contributed by atoms with Gasteiger partial charge in [0, 0.05) is 17.5 Å². The zero-order valence-electron chi connectivity index (χ0n) is 16.8. The van der Waals surface area contributed by atoms with Crippen molar-refractivity contribution in [1.29, 1.82) is 0 Å². The first-order valence-electron chi connectivity index (χ1n) is 9.62. The molecule has 0 fully saturated rings. The number of carboxylic acids is 1. The maximum atomic E-state index is 11.5. The van der Waals surface area contributed by atoms with Crippen LogP contribution >= 0.6 is 0 Å². The number of aromatic nitrogens is 2. The number of sulfonamides is 1. The molecule has 0 amide bonds. The van der Waals surface area contributed by atoms with Crippen LogP contribution in [-0.4, -0.2) is 29.3 Å². The topological polar surface area (TPSA) is 141 Å². The number of rotatable bonds is 6. The van der Waals surface area contributed by atoms with Gasteiger partial charge < -0.3 is 10.8 Å². The summed E-state index contributed by atoms with van der Waals surface area (Å²) in [6.45, 7) is 0. The molecule has 0 aliphatic heterocycles. The molecule has 0 aliphatic carbocycles. The molecule has 162 valence electrons. The van der Waals surface area contributed by atoms with Crippen LogP contribution in [0.15, 0.2) is 83.8 Å². The highest BCUT2D eigenvalue weighted by Crippen LogP contribution is 2.31. The van der Waals surface area contributed by atoms with Crippen LogP contribution in [-0.2, 0) is 16.4 Å². The van der Waals surface area contributed by atoms with Gasteiger partial charge in [0.1, 0.15) is 5.82 Å². The third kappa shape index (κ3) is 4.25. The number of nitrogens with zero attached hydrogens (tertiary/aromatic N) is 2. The lowest BCUT2D eigenvalue weighted by atomic mass is 10.0. The predicted molar refractivity (Wildman–Crippen MR) is 121 cm³/mol. The summed E-state index contributed by atoms with van der Waals surface area (Å²) < 4.78 is 24.6. The Balaban J connectivity index is 1.82.